The normalized spacial score (nSPS) is 20.5. The number of hydrogen-bond donors (Lipinski definition) is 1. The summed E-state index contributed by atoms with van der Waals surface area (Å²) in [5.74, 6) is 0.577. The smallest absolute Gasteiger partial charge is 0.0935 e. The average Bonchev–Trinajstić information content (AvgIpc) is 2.16. The van der Waals surface area contributed by atoms with Crippen molar-refractivity contribution in [2.75, 3.05) is 5.32 Å². The van der Waals surface area contributed by atoms with Crippen LogP contribution in [0, 0.1) is 5.92 Å². The predicted octanol–water partition coefficient (Wildman–Crippen LogP) is 3.56. The quantitative estimate of drug-likeness (QED) is 0.731. The van der Waals surface area contributed by atoms with E-state index in [-0.39, 0.29) is 0 Å². The highest BCUT2D eigenvalue weighted by atomic mass is 32.2. The van der Waals surface area contributed by atoms with Gasteiger partial charge in [0.05, 0.1) is 15.9 Å². The van der Waals surface area contributed by atoms with Crippen LogP contribution in [0.1, 0.15) is 13.8 Å². The molecule has 1 unspecified atom stereocenters. The number of nitrogens with one attached hydrogen (secondary N) is 1. The molecule has 0 aromatic heterocycles. The van der Waals surface area contributed by atoms with E-state index in [9.17, 15) is 0 Å². The Morgan fingerprint density at radius 2 is 2.07 bits per heavy atom. The minimum Gasteiger partial charge on any atom is -0.348 e. The van der Waals surface area contributed by atoms with Crippen LogP contribution in [0.25, 0.3) is 0 Å². The second-order valence-electron chi connectivity index (χ2n) is 3.77. The number of thiocarbonyl (C=S) groups is 1. The molecule has 0 aliphatic carbocycles. The minimum atomic E-state index is 0.417. The van der Waals surface area contributed by atoms with Crippen LogP contribution in [-0.4, -0.2) is 10.2 Å². The Balaban J connectivity index is 2.31. The molecule has 0 radical (unpaired) electrons. The van der Waals surface area contributed by atoms with Crippen molar-refractivity contribution in [2.24, 2.45) is 5.92 Å². The lowest BCUT2D eigenvalue weighted by molar-refractivity contribution is 0.699. The lowest BCUT2D eigenvalue weighted by atomic mass is 10.1. The topological polar surface area (TPSA) is 12.0 Å². The Labute approximate surface area is 94.3 Å². The first-order valence-corrected chi connectivity index (χ1v) is 6.04. The molecule has 1 N–H and O–H groups in total. The van der Waals surface area contributed by atoms with E-state index in [2.05, 4.69) is 37.4 Å². The molecular weight excluding hydrogens is 210 g/mol. The molecule has 0 amide bonds. The number of para-hydroxylation sites is 1. The average molecular weight is 223 g/mol. The van der Waals surface area contributed by atoms with Gasteiger partial charge in [0.1, 0.15) is 0 Å². The standard InChI is InChI=1S/C11H13NS2/c1-7(2)10-11(13)12-8-5-3-4-6-9(8)14-10/h3-7,10H,1-2H3,(H,12,13). The van der Waals surface area contributed by atoms with Crippen molar-refractivity contribution in [3.63, 3.8) is 0 Å². The molecule has 1 aromatic carbocycles. The van der Waals surface area contributed by atoms with Gasteiger partial charge in [0, 0.05) is 4.90 Å². The molecule has 1 aliphatic heterocycles. The zero-order valence-corrected chi connectivity index (χ0v) is 9.91. The molecule has 0 saturated carbocycles. The molecule has 3 heteroatoms. The summed E-state index contributed by atoms with van der Waals surface area (Å²) in [6.45, 7) is 4.42. The van der Waals surface area contributed by atoms with Crippen molar-refractivity contribution >= 4 is 34.7 Å². The third kappa shape index (κ3) is 1.79. The van der Waals surface area contributed by atoms with E-state index in [1.54, 1.807) is 0 Å². The molecule has 74 valence electrons. The van der Waals surface area contributed by atoms with Crippen LogP contribution >= 0.6 is 24.0 Å². The fourth-order valence-corrected chi connectivity index (χ4v) is 3.15. The van der Waals surface area contributed by atoms with Gasteiger partial charge in [-0.15, -0.1) is 11.8 Å². The molecular formula is C11H13NS2. The van der Waals surface area contributed by atoms with E-state index in [0.717, 1.165) is 10.7 Å². The Kier molecular flexibility index (Phi) is 2.79. The first-order chi connectivity index (χ1) is 6.68. The SMILES string of the molecule is CC(C)C1Sc2ccccc2NC1=S. The van der Waals surface area contributed by atoms with Gasteiger partial charge in [0.25, 0.3) is 0 Å². The van der Waals surface area contributed by atoms with Gasteiger partial charge in [-0.05, 0) is 18.1 Å². The van der Waals surface area contributed by atoms with Crippen LogP contribution in [0.5, 0.6) is 0 Å². The number of fused-ring (bicyclic) bond motifs is 1. The second kappa shape index (κ2) is 3.91. The van der Waals surface area contributed by atoms with E-state index in [1.807, 2.05) is 17.8 Å². The highest BCUT2D eigenvalue weighted by Crippen LogP contribution is 2.38. The minimum absolute atomic E-state index is 0.417. The highest BCUT2D eigenvalue weighted by molar-refractivity contribution is 8.02. The van der Waals surface area contributed by atoms with E-state index >= 15 is 0 Å². The maximum Gasteiger partial charge on any atom is 0.0935 e. The van der Waals surface area contributed by atoms with Crippen molar-refractivity contribution in [1.29, 1.82) is 0 Å². The second-order valence-corrected chi connectivity index (χ2v) is 5.39. The molecule has 1 aromatic rings. The molecule has 0 fully saturated rings. The summed E-state index contributed by atoms with van der Waals surface area (Å²) in [4.78, 5) is 2.27. The Hall–Kier alpha value is -0.540. The molecule has 14 heavy (non-hydrogen) atoms. The number of anilines is 1. The van der Waals surface area contributed by atoms with Crippen LogP contribution in [-0.2, 0) is 0 Å². The zero-order valence-electron chi connectivity index (χ0n) is 8.28. The molecule has 2 rings (SSSR count). The number of rotatable bonds is 1. The monoisotopic (exact) mass is 223 g/mol. The van der Waals surface area contributed by atoms with Crippen LogP contribution < -0.4 is 5.32 Å². The summed E-state index contributed by atoms with van der Waals surface area (Å²) in [5, 5.41) is 3.72. The van der Waals surface area contributed by atoms with Crippen molar-refractivity contribution in [3.05, 3.63) is 24.3 Å². The third-order valence-corrected chi connectivity index (χ3v) is 4.41. The van der Waals surface area contributed by atoms with Crippen LogP contribution in [0.2, 0.25) is 0 Å². The van der Waals surface area contributed by atoms with Gasteiger partial charge in [0.15, 0.2) is 0 Å². The van der Waals surface area contributed by atoms with E-state index in [1.165, 1.54) is 4.90 Å². The number of hydrogen-bond acceptors (Lipinski definition) is 2. The van der Waals surface area contributed by atoms with Crippen molar-refractivity contribution in [1.82, 2.24) is 0 Å². The third-order valence-electron chi connectivity index (χ3n) is 2.26. The Morgan fingerprint density at radius 1 is 1.36 bits per heavy atom. The number of benzene rings is 1. The van der Waals surface area contributed by atoms with Gasteiger partial charge < -0.3 is 5.32 Å². The molecule has 1 atom stereocenters. The highest BCUT2D eigenvalue weighted by Gasteiger charge is 2.25. The van der Waals surface area contributed by atoms with Crippen LogP contribution in [0.3, 0.4) is 0 Å². The van der Waals surface area contributed by atoms with Gasteiger partial charge in [-0.3, -0.25) is 0 Å². The summed E-state index contributed by atoms with van der Waals surface area (Å²) in [6.07, 6.45) is 0. The number of thioether (sulfide) groups is 1. The largest absolute Gasteiger partial charge is 0.348 e. The summed E-state index contributed by atoms with van der Waals surface area (Å²) in [6, 6.07) is 8.32. The summed E-state index contributed by atoms with van der Waals surface area (Å²) < 4.78 is 0. The van der Waals surface area contributed by atoms with Crippen LogP contribution in [0.15, 0.2) is 29.2 Å². The first kappa shape index (κ1) is 9.99. The molecule has 1 aliphatic rings. The summed E-state index contributed by atoms with van der Waals surface area (Å²) >= 11 is 7.22. The van der Waals surface area contributed by atoms with Gasteiger partial charge in [-0.2, -0.15) is 0 Å². The van der Waals surface area contributed by atoms with Crippen molar-refractivity contribution in [2.45, 2.75) is 24.0 Å². The molecule has 0 bridgehead atoms. The molecule has 0 saturated heterocycles. The lowest BCUT2D eigenvalue weighted by Crippen LogP contribution is -2.31. The first-order valence-electron chi connectivity index (χ1n) is 4.75. The van der Waals surface area contributed by atoms with Gasteiger partial charge in [0.2, 0.25) is 0 Å². The summed E-state index contributed by atoms with van der Waals surface area (Å²) in [5.41, 5.74) is 1.15. The van der Waals surface area contributed by atoms with Crippen molar-refractivity contribution in [3.8, 4) is 0 Å². The predicted molar refractivity (Wildman–Crippen MR) is 67.1 cm³/mol. The molecule has 0 spiro atoms. The van der Waals surface area contributed by atoms with Gasteiger partial charge in [-0.25, -0.2) is 0 Å². The molecule has 1 heterocycles. The lowest BCUT2D eigenvalue weighted by Gasteiger charge is -2.28. The van der Waals surface area contributed by atoms with Gasteiger partial charge >= 0.3 is 0 Å². The fraction of sp³-hybridized carbons (Fsp3) is 0.364. The Morgan fingerprint density at radius 3 is 2.79 bits per heavy atom. The fourth-order valence-electron chi connectivity index (χ4n) is 1.51. The van der Waals surface area contributed by atoms with Crippen LogP contribution in [0.4, 0.5) is 5.69 Å². The van der Waals surface area contributed by atoms with Gasteiger partial charge in [-0.1, -0.05) is 38.2 Å². The van der Waals surface area contributed by atoms with E-state index < -0.39 is 0 Å². The molecule has 1 nitrogen and oxygen atoms in total. The zero-order chi connectivity index (χ0) is 10.1. The Bertz CT molecular complexity index is 360. The summed E-state index contributed by atoms with van der Waals surface area (Å²) in [7, 11) is 0. The van der Waals surface area contributed by atoms with E-state index in [4.69, 9.17) is 12.2 Å². The van der Waals surface area contributed by atoms with E-state index in [0.29, 0.717) is 11.2 Å². The maximum atomic E-state index is 5.35. The van der Waals surface area contributed by atoms with Crippen molar-refractivity contribution < 1.29 is 0 Å². The maximum absolute atomic E-state index is 5.35.